The molecule has 26 heavy (non-hydrogen) atoms. The second-order valence-corrected chi connectivity index (χ2v) is 8.28. The van der Waals surface area contributed by atoms with E-state index in [0.29, 0.717) is 0 Å². The van der Waals surface area contributed by atoms with Crippen LogP contribution < -0.4 is 16.1 Å². The predicted molar refractivity (Wildman–Crippen MR) is 118 cm³/mol. The Morgan fingerprint density at radius 3 is 2.65 bits per heavy atom. The summed E-state index contributed by atoms with van der Waals surface area (Å²) in [6.45, 7) is 6.91. The third-order valence-corrected chi connectivity index (χ3v) is 6.59. The van der Waals surface area contributed by atoms with Crippen molar-refractivity contribution < 1.29 is 0 Å². The Hall–Kier alpha value is -1.34. The monoisotopic (exact) mass is 455 g/mol. The molecule has 140 valence electrons. The first-order valence-corrected chi connectivity index (χ1v) is 9.98. The van der Waals surface area contributed by atoms with Gasteiger partial charge in [-0.2, -0.15) is 0 Å². The Labute approximate surface area is 172 Å². The van der Waals surface area contributed by atoms with Gasteiger partial charge in [-0.3, -0.25) is 4.79 Å². The number of aryl methyl sites for hydroxylation is 2. The third kappa shape index (κ3) is 4.88. The molecule has 3 rings (SSSR count). The van der Waals surface area contributed by atoms with Gasteiger partial charge in [-0.1, -0.05) is 12.1 Å². The fourth-order valence-corrected chi connectivity index (χ4v) is 4.63. The van der Waals surface area contributed by atoms with Gasteiger partial charge >= 0.3 is 0 Å². The number of aromatic amines is 1. The fourth-order valence-electron chi connectivity index (χ4n) is 2.85. The lowest BCUT2D eigenvalue weighted by Crippen LogP contribution is -2.18. The Morgan fingerprint density at radius 2 is 1.92 bits per heavy atom. The van der Waals surface area contributed by atoms with E-state index < -0.39 is 0 Å². The zero-order chi connectivity index (χ0) is 17.8. The molecule has 4 nitrogen and oxygen atoms in total. The van der Waals surface area contributed by atoms with Gasteiger partial charge in [-0.05, 0) is 60.4 Å². The van der Waals surface area contributed by atoms with Gasteiger partial charge in [-0.25, -0.2) is 0 Å². The van der Waals surface area contributed by atoms with Crippen LogP contribution in [-0.2, 0) is 6.54 Å². The Kier molecular flexibility index (Phi) is 7.70. The SMILES string of the molecule is Cc1sc(C)c(CNCCCNc2cc(=O)c3ccccc3[nH]2)c1Br.Cl. The number of hydrogen-bond donors (Lipinski definition) is 3. The standard InChI is InChI=1S/C19H22BrN3OS.ClH/c1-12-15(19(20)13(2)25-12)11-21-8-5-9-22-18-10-17(24)14-6-3-4-7-16(14)23-18;/h3-4,6-7,10,21H,5,8-9,11H2,1-2H3,(H2,22,23,24);1H. The van der Waals surface area contributed by atoms with E-state index in [-0.39, 0.29) is 17.8 Å². The number of nitrogens with one attached hydrogen (secondary N) is 3. The summed E-state index contributed by atoms with van der Waals surface area (Å²) in [6.07, 6.45) is 0.981. The molecule has 0 saturated carbocycles. The van der Waals surface area contributed by atoms with Crippen LogP contribution in [-0.4, -0.2) is 18.1 Å². The third-order valence-electron chi connectivity index (χ3n) is 4.19. The van der Waals surface area contributed by atoms with E-state index in [9.17, 15) is 4.79 Å². The number of rotatable bonds is 7. The van der Waals surface area contributed by atoms with E-state index in [2.05, 4.69) is 45.4 Å². The number of halogens is 2. The maximum absolute atomic E-state index is 12.1. The molecule has 3 N–H and O–H groups in total. The van der Waals surface area contributed by atoms with Gasteiger partial charge in [0, 0.05) is 38.8 Å². The molecule has 7 heteroatoms. The lowest BCUT2D eigenvalue weighted by Gasteiger charge is -2.09. The van der Waals surface area contributed by atoms with Crippen LogP contribution in [0.25, 0.3) is 10.9 Å². The molecular formula is C19H23BrClN3OS. The van der Waals surface area contributed by atoms with Crippen molar-refractivity contribution in [1.29, 1.82) is 0 Å². The summed E-state index contributed by atoms with van der Waals surface area (Å²) >= 11 is 5.50. The number of fused-ring (bicyclic) bond motifs is 1. The van der Waals surface area contributed by atoms with Crippen LogP contribution in [0.1, 0.15) is 21.7 Å². The summed E-state index contributed by atoms with van der Waals surface area (Å²) in [5.74, 6) is 0.774. The number of aromatic nitrogens is 1. The summed E-state index contributed by atoms with van der Waals surface area (Å²) in [5, 5.41) is 7.51. The van der Waals surface area contributed by atoms with Crippen LogP contribution in [0.15, 0.2) is 39.6 Å². The smallest absolute Gasteiger partial charge is 0.191 e. The van der Waals surface area contributed by atoms with Gasteiger partial charge in [0.05, 0.1) is 5.52 Å². The molecule has 0 fully saturated rings. The highest BCUT2D eigenvalue weighted by molar-refractivity contribution is 9.10. The van der Waals surface area contributed by atoms with Crippen LogP contribution >= 0.6 is 39.7 Å². The van der Waals surface area contributed by atoms with Gasteiger partial charge in [0.2, 0.25) is 0 Å². The van der Waals surface area contributed by atoms with Crippen molar-refractivity contribution in [3.05, 3.63) is 60.3 Å². The molecule has 0 bridgehead atoms. The van der Waals surface area contributed by atoms with Crippen LogP contribution in [0.5, 0.6) is 0 Å². The predicted octanol–water partition coefficient (Wildman–Crippen LogP) is 4.98. The van der Waals surface area contributed by atoms with Crippen LogP contribution in [0.4, 0.5) is 5.82 Å². The van der Waals surface area contributed by atoms with Gasteiger partial charge in [0.25, 0.3) is 0 Å². The number of H-pyrrole nitrogens is 1. The molecule has 0 atom stereocenters. The minimum absolute atomic E-state index is 0. The van der Waals surface area contributed by atoms with E-state index in [0.717, 1.165) is 42.8 Å². The highest BCUT2D eigenvalue weighted by Crippen LogP contribution is 2.31. The van der Waals surface area contributed by atoms with Crippen molar-refractivity contribution in [1.82, 2.24) is 10.3 Å². The molecular weight excluding hydrogens is 434 g/mol. The highest BCUT2D eigenvalue weighted by atomic mass is 79.9. The van der Waals surface area contributed by atoms with Crippen molar-refractivity contribution in [3.63, 3.8) is 0 Å². The van der Waals surface area contributed by atoms with Crippen LogP contribution in [0.2, 0.25) is 0 Å². The second-order valence-electron chi connectivity index (χ2n) is 6.06. The molecule has 0 saturated heterocycles. The van der Waals surface area contributed by atoms with E-state index in [4.69, 9.17) is 0 Å². The Morgan fingerprint density at radius 1 is 1.15 bits per heavy atom. The lowest BCUT2D eigenvalue weighted by atomic mass is 10.2. The first kappa shape index (κ1) is 21.0. The van der Waals surface area contributed by atoms with E-state index in [1.807, 2.05) is 35.6 Å². The average molecular weight is 457 g/mol. The molecule has 0 aliphatic rings. The largest absolute Gasteiger partial charge is 0.371 e. The summed E-state index contributed by atoms with van der Waals surface area (Å²) in [6, 6.07) is 9.20. The molecule has 0 amide bonds. The summed E-state index contributed by atoms with van der Waals surface area (Å²) in [7, 11) is 0. The minimum atomic E-state index is 0. The maximum atomic E-state index is 12.1. The van der Waals surface area contributed by atoms with Gasteiger partial charge in [0.15, 0.2) is 5.43 Å². The normalized spacial score (nSPS) is 10.7. The molecule has 2 heterocycles. The molecule has 2 aromatic heterocycles. The Balaban J connectivity index is 0.00000243. The van der Waals surface area contributed by atoms with Crippen molar-refractivity contribution >= 4 is 56.4 Å². The van der Waals surface area contributed by atoms with E-state index in [1.165, 1.54) is 19.8 Å². The van der Waals surface area contributed by atoms with Crippen LogP contribution in [0, 0.1) is 13.8 Å². The molecule has 0 aliphatic carbocycles. The zero-order valence-corrected chi connectivity index (χ0v) is 18.0. The number of pyridine rings is 1. The van der Waals surface area contributed by atoms with Gasteiger partial charge in [-0.15, -0.1) is 23.7 Å². The number of thiophene rings is 1. The Bertz CT molecular complexity index is 938. The maximum Gasteiger partial charge on any atom is 0.191 e. The van der Waals surface area contributed by atoms with E-state index in [1.54, 1.807) is 6.07 Å². The molecule has 0 radical (unpaired) electrons. The summed E-state index contributed by atoms with van der Waals surface area (Å²) in [5.41, 5.74) is 2.27. The van der Waals surface area contributed by atoms with Crippen molar-refractivity contribution in [3.8, 4) is 0 Å². The molecule has 0 spiro atoms. The minimum Gasteiger partial charge on any atom is -0.371 e. The number of anilines is 1. The van der Waals surface area contributed by atoms with Crippen molar-refractivity contribution in [2.45, 2.75) is 26.8 Å². The molecule has 3 aromatic rings. The number of benzene rings is 1. The van der Waals surface area contributed by atoms with E-state index >= 15 is 0 Å². The lowest BCUT2D eigenvalue weighted by molar-refractivity contribution is 0.661. The quantitative estimate of drug-likeness (QED) is 0.439. The first-order chi connectivity index (χ1) is 12.1. The fraction of sp³-hybridized carbons (Fsp3) is 0.316. The van der Waals surface area contributed by atoms with Gasteiger partial charge < -0.3 is 15.6 Å². The summed E-state index contributed by atoms with van der Waals surface area (Å²) in [4.78, 5) is 18.0. The highest BCUT2D eigenvalue weighted by Gasteiger charge is 2.09. The molecule has 0 aliphatic heterocycles. The van der Waals surface area contributed by atoms with Crippen LogP contribution in [0.3, 0.4) is 0 Å². The van der Waals surface area contributed by atoms with Crippen molar-refractivity contribution in [2.24, 2.45) is 0 Å². The second kappa shape index (κ2) is 9.55. The average Bonchev–Trinajstić information content (AvgIpc) is 2.84. The first-order valence-electron chi connectivity index (χ1n) is 8.37. The summed E-state index contributed by atoms with van der Waals surface area (Å²) < 4.78 is 1.23. The molecule has 0 unspecified atom stereocenters. The number of hydrogen-bond acceptors (Lipinski definition) is 4. The van der Waals surface area contributed by atoms with Crippen molar-refractivity contribution in [2.75, 3.05) is 18.4 Å². The zero-order valence-electron chi connectivity index (χ0n) is 14.8. The number of para-hydroxylation sites is 1. The topological polar surface area (TPSA) is 56.9 Å². The van der Waals surface area contributed by atoms with Gasteiger partial charge in [0.1, 0.15) is 5.82 Å². The molecule has 1 aromatic carbocycles.